The molecule has 1 N–H and O–H groups in total. The summed E-state index contributed by atoms with van der Waals surface area (Å²) in [4.78, 5) is 15.4. The van der Waals surface area contributed by atoms with Crippen LogP contribution in [0.4, 0.5) is 0 Å². The highest BCUT2D eigenvalue weighted by Gasteiger charge is 2.08. The van der Waals surface area contributed by atoms with E-state index in [0.29, 0.717) is 18.1 Å². The van der Waals surface area contributed by atoms with Gasteiger partial charge >= 0.3 is 5.97 Å². The van der Waals surface area contributed by atoms with Gasteiger partial charge < -0.3 is 14.6 Å². The van der Waals surface area contributed by atoms with Crippen LogP contribution in [0.25, 0.3) is 0 Å². The van der Waals surface area contributed by atoms with Gasteiger partial charge in [-0.05, 0) is 25.5 Å². The van der Waals surface area contributed by atoms with Gasteiger partial charge in [0.2, 0.25) is 0 Å². The van der Waals surface area contributed by atoms with Crippen molar-refractivity contribution >= 4 is 5.97 Å². The molecule has 1 rings (SSSR count). The van der Waals surface area contributed by atoms with E-state index in [1.54, 1.807) is 12.1 Å². The van der Waals surface area contributed by atoms with Gasteiger partial charge in [-0.25, -0.2) is 4.79 Å². The second-order valence-corrected chi connectivity index (χ2v) is 3.92. The van der Waals surface area contributed by atoms with E-state index in [1.165, 1.54) is 0 Å². The van der Waals surface area contributed by atoms with Crippen LogP contribution in [0.2, 0.25) is 0 Å². The number of ether oxygens (including phenoxy) is 2. The summed E-state index contributed by atoms with van der Waals surface area (Å²) in [6, 6.07) is 3.45. The molecular weight excluding hydrogens is 234 g/mol. The van der Waals surface area contributed by atoms with Crippen molar-refractivity contribution in [3.63, 3.8) is 0 Å². The van der Waals surface area contributed by atoms with Crippen LogP contribution in [0.1, 0.15) is 31.2 Å². The van der Waals surface area contributed by atoms with Gasteiger partial charge in [0, 0.05) is 5.69 Å². The predicted molar refractivity (Wildman–Crippen MR) is 66.3 cm³/mol. The van der Waals surface area contributed by atoms with E-state index < -0.39 is 5.97 Å². The van der Waals surface area contributed by atoms with Crippen LogP contribution in [0.3, 0.4) is 0 Å². The van der Waals surface area contributed by atoms with Gasteiger partial charge in [-0.15, -0.1) is 0 Å². The van der Waals surface area contributed by atoms with E-state index in [4.69, 9.17) is 14.6 Å². The molecule has 18 heavy (non-hydrogen) atoms. The summed E-state index contributed by atoms with van der Waals surface area (Å²) >= 11 is 0. The Bertz CT molecular complexity index is 393. The molecule has 0 aromatic carbocycles. The Morgan fingerprint density at radius 2 is 2.22 bits per heavy atom. The molecule has 0 saturated carbocycles. The Kier molecular flexibility index (Phi) is 6.14. The summed E-state index contributed by atoms with van der Waals surface area (Å²) < 4.78 is 10.2. The van der Waals surface area contributed by atoms with Crippen molar-refractivity contribution in [1.82, 2.24) is 4.98 Å². The third kappa shape index (κ3) is 4.71. The van der Waals surface area contributed by atoms with Gasteiger partial charge in [0.05, 0.1) is 13.2 Å². The van der Waals surface area contributed by atoms with Crippen LogP contribution in [-0.4, -0.2) is 29.3 Å². The molecule has 0 bridgehead atoms. The number of aryl methyl sites for hydroxylation is 1. The average molecular weight is 253 g/mol. The minimum absolute atomic E-state index is 0.165. The zero-order valence-electron chi connectivity index (χ0n) is 10.8. The molecule has 0 aliphatic heterocycles. The fourth-order valence-electron chi connectivity index (χ4n) is 1.35. The Hall–Kier alpha value is -1.62. The molecule has 100 valence electrons. The number of rotatable bonds is 7. The summed E-state index contributed by atoms with van der Waals surface area (Å²) in [6.07, 6.45) is 1.82. The zero-order valence-corrected chi connectivity index (χ0v) is 10.8. The predicted octanol–water partition coefficient (Wildman–Crippen LogP) is 1.60. The van der Waals surface area contributed by atoms with E-state index in [9.17, 15) is 4.79 Å². The highest BCUT2D eigenvalue weighted by atomic mass is 16.6. The molecular formula is C13H19NO4. The summed E-state index contributed by atoms with van der Waals surface area (Å²) in [7, 11) is 0. The Labute approximate surface area is 107 Å². The van der Waals surface area contributed by atoms with Crippen molar-refractivity contribution in [2.45, 2.75) is 33.3 Å². The number of pyridine rings is 1. The molecule has 0 unspecified atom stereocenters. The van der Waals surface area contributed by atoms with Gasteiger partial charge in [0.25, 0.3) is 0 Å². The van der Waals surface area contributed by atoms with Crippen molar-refractivity contribution in [2.75, 3.05) is 13.2 Å². The van der Waals surface area contributed by atoms with Crippen molar-refractivity contribution in [3.05, 3.63) is 23.5 Å². The first-order chi connectivity index (χ1) is 8.67. The third-order valence-corrected chi connectivity index (χ3v) is 2.33. The zero-order chi connectivity index (χ0) is 13.4. The number of aliphatic hydroxyl groups is 1. The lowest BCUT2D eigenvalue weighted by Gasteiger charge is -2.09. The number of aromatic nitrogens is 1. The molecule has 1 heterocycles. The Morgan fingerprint density at radius 1 is 1.44 bits per heavy atom. The third-order valence-electron chi connectivity index (χ3n) is 2.33. The summed E-state index contributed by atoms with van der Waals surface area (Å²) in [5.41, 5.74) is 1.22. The molecule has 5 nitrogen and oxygen atoms in total. The number of esters is 1. The van der Waals surface area contributed by atoms with Gasteiger partial charge in [-0.1, -0.05) is 13.3 Å². The van der Waals surface area contributed by atoms with Gasteiger partial charge in [0.1, 0.15) is 11.4 Å². The lowest BCUT2D eigenvalue weighted by atomic mass is 10.3. The van der Waals surface area contributed by atoms with Crippen molar-refractivity contribution in [2.24, 2.45) is 0 Å². The monoisotopic (exact) mass is 253 g/mol. The molecule has 0 aliphatic rings. The van der Waals surface area contributed by atoms with Crippen LogP contribution < -0.4 is 4.74 Å². The molecule has 1 aromatic heterocycles. The maximum atomic E-state index is 11.3. The molecule has 0 amide bonds. The highest BCUT2D eigenvalue weighted by Crippen LogP contribution is 2.16. The lowest BCUT2D eigenvalue weighted by molar-refractivity contribution is -0.146. The van der Waals surface area contributed by atoms with E-state index in [-0.39, 0.29) is 13.2 Å². The van der Waals surface area contributed by atoms with Crippen molar-refractivity contribution in [1.29, 1.82) is 0 Å². The van der Waals surface area contributed by atoms with E-state index in [0.717, 1.165) is 18.5 Å². The molecule has 5 heteroatoms. The topological polar surface area (TPSA) is 68.7 Å². The first-order valence-corrected chi connectivity index (χ1v) is 6.03. The quantitative estimate of drug-likeness (QED) is 0.590. The molecule has 0 radical (unpaired) electrons. The highest BCUT2D eigenvalue weighted by molar-refractivity contribution is 5.71. The standard InChI is InChI=1S/C13H19NO4/c1-3-4-7-17-13(16)9-18-12-6-5-10(2)14-11(12)8-15/h5-6,15H,3-4,7-9H2,1-2H3. The Balaban J connectivity index is 2.45. The summed E-state index contributed by atoms with van der Waals surface area (Å²) in [6.45, 7) is 3.87. The van der Waals surface area contributed by atoms with Gasteiger partial charge in [0.15, 0.2) is 6.61 Å². The smallest absolute Gasteiger partial charge is 0.344 e. The fraction of sp³-hybridized carbons (Fsp3) is 0.538. The number of nitrogens with zero attached hydrogens (tertiary/aromatic N) is 1. The number of hydrogen-bond acceptors (Lipinski definition) is 5. The Morgan fingerprint density at radius 3 is 2.89 bits per heavy atom. The average Bonchev–Trinajstić information content (AvgIpc) is 2.37. The fourth-order valence-corrected chi connectivity index (χ4v) is 1.35. The normalized spacial score (nSPS) is 10.2. The molecule has 0 saturated heterocycles. The number of unbranched alkanes of at least 4 members (excludes halogenated alkanes) is 1. The number of hydrogen-bond donors (Lipinski definition) is 1. The minimum atomic E-state index is -0.409. The molecule has 1 aromatic rings. The first kappa shape index (κ1) is 14.4. The maximum Gasteiger partial charge on any atom is 0.344 e. The SMILES string of the molecule is CCCCOC(=O)COc1ccc(C)nc1CO. The van der Waals surface area contributed by atoms with E-state index in [1.807, 2.05) is 13.8 Å². The largest absolute Gasteiger partial charge is 0.480 e. The molecule has 0 atom stereocenters. The van der Waals surface area contributed by atoms with Crippen LogP contribution >= 0.6 is 0 Å². The van der Waals surface area contributed by atoms with Gasteiger partial charge in [-0.2, -0.15) is 0 Å². The minimum Gasteiger partial charge on any atom is -0.480 e. The van der Waals surface area contributed by atoms with E-state index >= 15 is 0 Å². The lowest BCUT2D eigenvalue weighted by Crippen LogP contribution is -2.16. The van der Waals surface area contributed by atoms with Crippen molar-refractivity contribution < 1.29 is 19.4 Å². The molecule has 0 aliphatic carbocycles. The van der Waals surface area contributed by atoms with Crippen LogP contribution in [0, 0.1) is 6.92 Å². The molecule has 0 spiro atoms. The summed E-state index contributed by atoms with van der Waals surface area (Å²) in [5, 5.41) is 9.12. The van der Waals surface area contributed by atoms with E-state index in [2.05, 4.69) is 4.98 Å². The van der Waals surface area contributed by atoms with Crippen molar-refractivity contribution in [3.8, 4) is 5.75 Å². The number of carbonyl (C=O) groups is 1. The molecule has 0 fully saturated rings. The second kappa shape index (κ2) is 7.66. The maximum absolute atomic E-state index is 11.3. The van der Waals surface area contributed by atoms with Crippen LogP contribution in [0.5, 0.6) is 5.75 Å². The van der Waals surface area contributed by atoms with Crippen LogP contribution in [-0.2, 0) is 16.1 Å². The second-order valence-electron chi connectivity index (χ2n) is 3.92. The van der Waals surface area contributed by atoms with Gasteiger partial charge in [-0.3, -0.25) is 4.98 Å². The number of aliphatic hydroxyl groups excluding tert-OH is 1. The first-order valence-electron chi connectivity index (χ1n) is 6.03. The van der Waals surface area contributed by atoms with Crippen LogP contribution in [0.15, 0.2) is 12.1 Å². The number of carbonyl (C=O) groups excluding carboxylic acids is 1. The summed E-state index contributed by atoms with van der Waals surface area (Å²) in [5.74, 6) is 0.00320.